The van der Waals surface area contributed by atoms with E-state index in [9.17, 15) is 9.18 Å². The Kier molecular flexibility index (Phi) is 6.44. The molecule has 1 N–H and O–H groups in total. The average Bonchev–Trinajstić information content (AvgIpc) is 3.08. The summed E-state index contributed by atoms with van der Waals surface area (Å²) in [6.07, 6.45) is 0. The van der Waals surface area contributed by atoms with Crippen LogP contribution in [0.25, 0.3) is 5.69 Å². The van der Waals surface area contributed by atoms with Crippen LogP contribution in [0.5, 0.6) is 0 Å². The third-order valence-corrected chi connectivity index (χ3v) is 5.65. The Hall–Kier alpha value is -3.03. The van der Waals surface area contributed by atoms with Crippen molar-refractivity contribution in [1.29, 1.82) is 0 Å². The first-order chi connectivity index (χ1) is 15.0. The van der Waals surface area contributed by atoms with Gasteiger partial charge < -0.3 is 10.1 Å². The number of rotatable bonds is 6. The lowest BCUT2D eigenvalue weighted by atomic mass is 10.1. The van der Waals surface area contributed by atoms with Gasteiger partial charge in [0.2, 0.25) is 0 Å². The SMILES string of the molecule is Cc1nn(-c2ccc(F)cc2)c(C)c1C(=O)NCc1ccccc1CN1CCOCC1. The number of aromatic nitrogens is 2. The second-order valence-electron chi connectivity index (χ2n) is 7.77. The minimum atomic E-state index is -0.306. The molecule has 7 heteroatoms. The van der Waals surface area contributed by atoms with E-state index in [-0.39, 0.29) is 11.7 Å². The minimum Gasteiger partial charge on any atom is -0.379 e. The van der Waals surface area contributed by atoms with Crippen molar-refractivity contribution in [3.63, 3.8) is 0 Å². The van der Waals surface area contributed by atoms with Gasteiger partial charge in [-0.15, -0.1) is 0 Å². The number of carbonyl (C=O) groups is 1. The van der Waals surface area contributed by atoms with E-state index in [0.29, 0.717) is 17.8 Å². The van der Waals surface area contributed by atoms with Gasteiger partial charge in [0.05, 0.1) is 35.9 Å². The van der Waals surface area contributed by atoms with Crippen molar-refractivity contribution in [3.05, 3.63) is 82.4 Å². The third-order valence-electron chi connectivity index (χ3n) is 5.65. The van der Waals surface area contributed by atoms with Crippen LogP contribution < -0.4 is 5.32 Å². The highest BCUT2D eigenvalue weighted by molar-refractivity contribution is 5.96. The van der Waals surface area contributed by atoms with Gasteiger partial charge >= 0.3 is 0 Å². The molecule has 6 nitrogen and oxygen atoms in total. The van der Waals surface area contributed by atoms with Crippen LogP contribution in [0.1, 0.15) is 32.9 Å². The molecule has 0 atom stereocenters. The topological polar surface area (TPSA) is 59.4 Å². The standard InChI is InChI=1S/C24H27FN4O2/c1-17-23(18(2)29(27-17)22-9-7-21(25)8-10-22)24(30)26-15-19-5-3-4-6-20(19)16-28-11-13-31-14-12-28/h3-10H,11-16H2,1-2H3,(H,26,30). The fourth-order valence-corrected chi connectivity index (χ4v) is 3.95. The highest BCUT2D eigenvalue weighted by Crippen LogP contribution is 2.19. The van der Waals surface area contributed by atoms with Gasteiger partial charge in [-0.1, -0.05) is 24.3 Å². The predicted octanol–water partition coefficient (Wildman–Crippen LogP) is 3.39. The molecule has 1 amide bonds. The maximum Gasteiger partial charge on any atom is 0.255 e. The van der Waals surface area contributed by atoms with Crippen molar-refractivity contribution in [3.8, 4) is 5.69 Å². The molecule has 3 aromatic rings. The number of amides is 1. The number of halogens is 1. The van der Waals surface area contributed by atoms with E-state index < -0.39 is 0 Å². The molecule has 4 rings (SSSR count). The fourth-order valence-electron chi connectivity index (χ4n) is 3.95. The average molecular weight is 423 g/mol. The summed E-state index contributed by atoms with van der Waals surface area (Å²) in [5.74, 6) is -0.469. The first kappa shape index (κ1) is 21.2. The molecule has 31 heavy (non-hydrogen) atoms. The number of nitrogens with zero attached hydrogens (tertiary/aromatic N) is 3. The van der Waals surface area contributed by atoms with E-state index >= 15 is 0 Å². The smallest absolute Gasteiger partial charge is 0.255 e. The van der Waals surface area contributed by atoms with E-state index in [4.69, 9.17) is 4.74 Å². The molecule has 1 saturated heterocycles. The van der Waals surface area contributed by atoms with Crippen LogP contribution in [0.2, 0.25) is 0 Å². The van der Waals surface area contributed by atoms with Gasteiger partial charge in [-0.2, -0.15) is 5.10 Å². The maximum absolute atomic E-state index is 13.3. The molecule has 0 radical (unpaired) electrons. The molecule has 1 fully saturated rings. The number of ether oxygens (including phenoxy) is 1. The van der Waals surface area contributed by atoms with Gasteiger partial charge in [0.1, 0.15) is 5.82 Å². The number of aryl methyl sites for hydroxylation is 1. The van der Waals surface area contributed by atoms with Gasteiger partial charge in [-0.3, -0.25) is 9.69 Å². The molecule has 0 spiro atoms. The number of benzene rings is 2. The summed E-state index contributed by atoms with van der Waals surface area (Å²) >= 11 is 0. The maximum atomic E-state index is 13.3. The zero-order valence-corrected chi connectivity index (χ0v) is 17.9. The summed E-state index contributed by atoms with van der Waals surface area (Å²) in [7, 11) is 0. The van der Waals surface area contributed by atoms with E-state index in [2.05, 4.69) is 27.4 Å². The molecule has 0 unspecified atom stereocenters. The first-order valence-corrected chi connectivity index (χ1v) is 10.5. The molecule has 1 aliphatic heterocycles. The zero-order chi connectivity index (χ0) is 21.8. The zero-order valence-electron chi connectivity index (χ0n) is 17.9. The Balaban J connectivity index is 1.48. The first-order valence-electron chi connectivity index (χ1n) is 10.5. The Morgan fingerprint density at radius 3 is 2.45 bits per heavy atom. The minimum absolute atomic E-state index is 0.162. The number of carbonyl (C=O) groups excluding carboxylic acids is 1. The monoisotopic (exact) mass is 422 g/mol. The molecular formula is C24H27FN4O2. The van der Waals surface area contributed by atoms with Crippen LogP contribution in [0.4, 0.5) is 4.39 Å². The highest BCUT2D eigenvalue weighted by Gasteiger charge is 2.20. The second kappa shape index (κ2) is 9.41. The van der Waals surface area contributed by atoms with Gasteiger partial charge in [0.25, 0.3) is 5.91 Å². The molecule has 0 saturated carbocycles. The van der Waals surface area contributed by atoms with Crippen LogP contribution in [0.15, 0.2) is 48.5 Å². The molecule has 162 valence electrons. The lowest BCUT2D eigenvalue weighted by Gasteiger charge is -2.27. The molecule has 2 aromatic carbocycles. The van der Waals surface area contributed by atoms with Crippen LogP contribution in [-0.4, -0.2) is 46.9 Å². The summed E-state index contributed by atoms with van der Waals surface area (Å²) in [5.41, 5.74) is 4.94. The summed E-state index contributed by atoms with van der Waals surface area (Å²) in [6, 6.07) is 14.3. The van der Waals surface area contributed by atoms with Crippen molar-refractivity contribution in [2.45, 2.75) is 26.9 Å². The number of nitrogens with one attached hydrogen (secondary N) is 1. The van der Waals surface area contributed by atoms with E-state index in [1.165, 1.54) is 17.7 Å². The van der Waals surface area contributed by atoms with Crippen LogP contribution >= 0.6 is 0 Å². The quantitative estimate of drug-likeness (QED) is 0.662. The van der Waals surface area contributed by atoms with Crippen molar-refractivity contribution >= 4 is 5.91 Å². The van der Waals surface area contributed by atoms with Crippen LogP contribution in [0, 0.1) is 19.7 Å². The van der Waals surface area contributed by atoms with Crippen molar-refractivity contribution in [2.24, 2.45) is 0 Å². The summed E-state index contributed by atoms with van der Waals surface area (Å²) in [6.45, 7) is 8.31. The van der Waals surface area contributed by atoms with Gasteiger partial charge in [-0.05, 0) is 49.2 Å². The van der Waals surface area contributed by atoms with Crippen molar-refractivity contribution < 1.29 is 13.9 Å². The van der Waals surface area contributed by atoms with Crippen molar-refractivity contribution in [1.82, 2.24) is 20.0 Å². The largest absolute Gasteiger partial charge is 0.379 e. The normalized spacial score (nSPS) is 14.5. The molecule has 1 aromatic heterocycles. The van der Waals surface area contributed by atoms with E-state index in [1.807, 2.05) is 26.0 Å². The summed E-state index contributed by atoms with van der Waals surface area (Å²) < 4.78 is 20.4. The molecule has 1 aliphatic rings. The van der Waals surface area contributed by atoms with Crippen LogP contribution in [-0.2, 0) is 17.8 Å². The van der Waals surface area contributed by atoms with E-state index in [1.54, 1.807) is 16.8 Å². The van der Waals surface area contributed by atoms with Gasteiger partial charge in [-0.25, -0.2) is 9.07 Å². The van der Waals surface area contributed by atoms with Gasteiger partial charge in [0.15, 0.2) is 0 Å². The van der Waals surface area contributed by atoms with Crippen LogP contribution in [0.3, 0.4) is 0 Å². The molecule has 2 heterocycles. The van der Waals surface area contributed by atoms with Gasteiger partial charge in [0, 0.05) is 26.2 Å². The molecule has 0 aliphatic carbocycles. The Labute approximate surface area is 181 Å². The Morgan fingerprint density at radius 1 is 1.06 bits per heavy atom. The summed E-state index contributed by atoms with van der Waals surface area (Å²) in [5, 5.41) is 7.55. The number of morpholine rings is 1. The van der Waals surface area contributed by atoms with E-state index in [0.717, 1.165) is 49.8 Å². The fraction of sp³-hybridized carbons (Fsp3) is 0.333. The molecule has 0 bridgehead atoms. The lowest BCUT2D eigenvalue weighted by molar-refractivity contribution is 0.0340. The predicted molar refractivity (Wildman–Crippen MR) is 117 cm³/mol. The molecular weight excluding hydrogens is 395 g/mol. The third kappa shape index (κ3) is 4.84. The highest BCUT2D eigenvalue weighted by atomic mass is 19.1. The summed E-state index contributed by atoms with van der Waals surface area (Å²) in [4.78, 5) is 15.4. The Morgan fingerprint density at radius 2 is 1.74 bits per heavy atom. The Bertz CT molecular complexity index is 1060. The lowest BCUT2D eigenvalue weighted by Crippen LogP contribution is -2.36. The number of hydrogen-bond acceptors (Lipinski definition) is 4. The van der Waals surface area contributed by atoms with Crippen molar-refractivity contribution in [2.75, 3.05) is 26.3 Å². The number of hydrogen-bond donors (Lipinski definition) is 1. The second-order valence-corrected chi connectivity index (χ2v) is 7.77.